The van der Waals surface area contributed by atoms with Crippen molar-refractivity contribution >= 4 is 27.3 Å². The van der Waals surface area contributed by atoms with Gasteiger partial charge in [0.2, 0.25) is 10.0 Å². The Morgan fingerprint density at radius 3 is 2.35 bits per heavy atom. The van der Waals surface area contributed by atoms with Gasteiger partial charge in [-0.05, 0) is 48.9 Å². The second kappa shape index (κ2) is 9.82. The molecule has 178 valence electrons. The van der Waals surface area contributed by atoms with Crippen molar-refractivity contribution in [1.29, 1.82) is 0 Å². The molecule has 7 nitrogen and oxygen atoms in total. The molecule has 1 fully saturated rings. The van der Waals surface area contributed by atoms with E-state index >= 15 is 0 Å². The molecule has 0 bridgehead atoms. The Morgan fingerprint density at radius 1 is 0.971 bits per heavy atom. The summed E-state index contributed by atoms with van der Waals surface area (Å²) in [5.74, 6) is -0.691. The number of rotatable bonds is 6. The first-order valence-electron chi connectivity index (χ1n) is 10.9. The second-order valence-corrected chi connectivity index (χ2v) is 9.88. The number of carbonyl (C=O) groups is 1. The minimum absolute atomic E-state index is 0.0656. The van der Waals surface area contributed by atoms with Crippen LogP contribution in [0.15, 0.2) is 71.6 Å². The number of hydrogen-bond acceptors (Lipinski definition) is 5. The van der Waals surface area contributed by atoms with E-state index in [9.17, 15) is 17.6 Å². The van der Waals surface area contributed by atoms with E-state index in [-0.39, 0.29) is 18.7 Å². The van der Waals surface area contributed by atoms with Gasteiger partial charge in [-0.2, -0.15) is 4.31 Å². The van der Waals surface area contributed by atoms with E-state index in [0.717, 1.165) is 23.4 Å². The zero-order valence-electron chi connectivity index (χ0n) is 19.0. The Bertz CT molecular complexity index is 1310. The number of carbonyl (C=O) groups excluding carboxylic acids is 1. The third kappa shape index (κ3) is 4.76. The summed E-state index contributed by atoms with van der Waals surface area (Å²) < 4.78 is 47.8. The van der Waals surface area contributed by atoms with Gasteiger partial charge in [-0.15, -0.1) is 0 Å². The molecule has 0 radical (unpaired) electrons. The van der Waals surface area contributed by atoms with Gasteiger partial charge in [0.1, 0.15) is 16.5 Å². The van der Waals surface area contributed by atoms with Crippen molar-refractivity contribution in [2.45, 2.75) is 11.8 Å². The standard InChI is InChI=1S/C25H26FN3O4S/c1-18-7-3-4-8-21(18)27-25(30)19-11-12-20(26)24(17-19)34(31,32)29-15-13-28(14-16-29)22-9-5-6-10-23(22)33-2/h3-12,17H,13-16H2,1-2H3,(H,27,30). The highest BCUT2D eigenvalue weighted by atomic mass is 32.2. The van der Waals surface area contributed by atoms with Crippen LogP contribution in [0.4, 0.5) is 15.8 Å². The van der Waals surface area contributed by atoms with Crippen LogP contribution in [-0.2, 0) is 10.0 Å². The lowest BCUT2D eigenvalue weighted by Gasteiger charge is -2.36. The predicted octanol–water partition coefficient (Wildman–Crippen LogP) is 3.91. The number of anilines is 2. The SMILES string of the molecule is COc1ccccc1N1CCN(S(=O)(=O)c2cc(C(=O)Nc3ccccc3C)ccc2F)CC1. The first kappa shape index (κ1) is 23.7. The van der Waals surface area contributed by atoms with Gasteiger partial charge < -0.3 is 15.0 Å². The minimum Gasteiger partial charge on any atom is -0.495 e. The maximum Gasteiger partial charge on any atom is 0.255 e. The quantitative estimate of drug-likeness (QED) is 0.575. The van der Waals surface area contributed by atoms with Gasteiger partial charge in [0.15, 0.2) is 0 Å². The van der Waals surface area contributed by atoms with Crippen LogP contribution in [0.25, 0.3) is 0 Å². The first-order valence-corrected chi connectivity index (χ1v) is 12.3. The van der Waals surface area contributed by atoms with Gasteiger partial charge >= 0.3 is 0 Å². The molecule has 1 aliphatic rings. The fourth-order valence-corrected chi connectivity index (χ4v) is 5.46. The highest BCUT2D eigenvalue weighted by Crippen LogP contribution is 2.30. The average molecular weight is 484 g/mol. The van der Waals surface area contributed by atoms with Crippen LogP contribution in [0, 0.1) is 12.7 Å². The molecular weight excluding hydrogens is 457 g/mol. The molecule has 9 heteroatoms. The number of methoxy groups -OCH3 is 1. The summed E-state index contributed by atoms with van der Waals surface area (Å²) in [6.45, 7) is 3.06. The summed E-state index contributed by atoms with van der Waals surface area (Å²) in [4.78, 5) is 14.3. The maximum atomic E-state index is 14.7. The Kier molecular flexibility index (Phi) is 6.85. The summed E-state index contributed by atoms with van der Waals surface area (Å²) in [7, 11) is -2.54. The fourth-order valence-electron chi connectivity index (χ4n) is 3.95. The zero-order valence-corrected chi connectivity index (χ0v) is 19.8. The van der Waals surface area contributed by atoms with Crippen LogP contribution >= 0.6 is 0 Å². The summed E-state index contributed by atoms with van der Waals surface area (Å²) in [5, 5.41) is 2.75. The lowest BCUT2D eigenvalue weighted by molar-refractivity contribution is 0.102. The van der Waals surface area contributed by atoms with Crippen molar-refractivity contribution in [3.05, 3.63) is 83.7 Å². The van der Waals surface area contributed by atoms with E-state index in [1.807, 2.05) is 48.2 Å². The van der Waals surface area contributed by atoms with Crippen LogP contribution in [0.5, 0.6) is 5.75 Å². The smallest absolute Gasteiger partial charge is 0.255 e. The van der Waals surface area contributed by atoms with Crippen LogP contribution in [0.1, 0.15) is 15.9 Å². The summed E-state index contributed by atoms with van der Waals surface area (Å²) in [5.41, 5.74) is 2.41. The summed E-state index contributed by atoms with van der Waals surface area (Å²) in [6, 6.07) is 18.2. The van der Waals surface area contributed by atoms with Crippen LogP contribution in [0.3, 0.4) is 0 Å². The Hall–Kier alpha value is -3.43. The van der Waals surface area contributed by atoms with Crippen molar-refractivity contribution in [2.24, 2.45) is 0 Å². The number of halogens is 1. The molecule has 0 aliphatic carbocycles. The van der Waals surface area contributed by atoms with Crippen molar-refractivity contribution in [3.63, 3.8) is 0 Å². The van der Waals surface area contributed by atoms with Gasteiger partial charge in [0.05, 0.1) is 12.8 Å². The van der Waals surface area contributed by atoms with Crippen molar-refractivity contribution in [2.75, 3.05) is 43.5 Å². The van der Waals surface area contributed by atoms with Gasteiger partial charge in [0, 0.05) is 37.4 Å². The molecular formula is C25H26FN3O4S. The molecule has 1 aliphatic heterocycles. The highest BCUT2D eigenvalue weighted by Gasteiger charge is 2.32. The van der Waals surface area contributed by atoms with Gasteiger partial charge in [-0.25, -0.2) is 12.8 Å². The number of nitrogens with one attached hydrogen (secondary N) is 1. The molecule has 0 aromatic heterocycles. The number of sulfonamides is 1. The van der Waals surface area contributed by atoms with E-state index in [0.29, 0.717) is 24.5 Å². The van der Waals surface area contributed by atoms with E-state index in [1.54, 1.807) is 19.2 Å². The number of piperazine rings is 1. The number of aryl methyl sites for hydroxylation is 1. The molecule has 1 saturated heterocycles. The first-order chi connectivity index (χ1) is 16.3. The lowest BCUT2D eigenvalue weighted by atomic mass is 10.1. The Balaban J connectivity index is 1.52. The molecule has 1 amide bonds. The number of hydrogen-bond donors (Lipinski definition) is 1. The van der Waals surface area contributed by atoms with Crippen molar-refractivity contribution in [1.82, 2.24) is 4.31 Å². The van der Waals surface area contributed by atoms with Crippen LogP contribution in [0.2, 0.25) is 0 Å². The van der Waals surface area contributed by atoms with Gasteiger partial charge in [-0.3, -0.25) is 4.79 Å². The number of nitrogens with zero attached hydrogens (tertiary/aromatic N) is 2. The molecule has 4 rings (SSSR count). The summed E-state index contributed by atoms with van der Waals surface area (Å²) >= 11 is 0. The second-order valence-electron chi connectivity index (χ2n) is 7.98. The van der Waals surface area contributed by atoms with Crippen LogP contribution in [-0.4, -0.2) is 51.9 Å². The van der Waals surface area contributed by atoms with E-state index in [1.165, 1.54) is 10.4 Å². The summed E-state index contributed by atoms with van der Waals surface area (Å²) in [6.07, 6.45) is 0. The molecule has 1 heterocycles. The molecule has 3 aromatic rings. The Morgan fingerprint density at radius 2 is 1.65 bits per heavy atom. The fraction of sp³-hybridized carbons (Fsp3) is 0.240. The van der Waals surface area contributed by atoms with E-state index in [2.05, 4.69) is 5.32 Å². The normalized spacial score (nSPS) is 14.6. The maximum absolute atomic E-state index is 14.7. The topological polar surface area (TPSA) is 79.0 Å². The van der Waals surface area contributed by atoms with E-state index in [4.69, 9.17) is 4.74 Å². The molecule has 0 saturated carbocycles. The minimum atomic E-state index is -4.13. The third-order valence-electron chi connectivity index (χ3n) is 5.87. The molecule has 34 heavy (non-hydrogen) atoms. The lowest BCUT2D eigenvalue weighted by Crippen LogP contribution is -2.48. The molecule has 3 aromatic carbocycles. The van der Waals surface area contributed by atoms with E-state index < -0.39 is 26.6 Å². The van der Waals surface area contributed by atoms with Crippen molar-refractivity contribution < 1.29 is 22.3 Å². The Labute approximate surface area is 198 Å². The molecule has 1 N–H and O–H groups in total. The third-order valence-corrected chi connectivity index (χ3v) is 7.78. The number of amides is 1. The zero-order chi connectivity index (χ0) is 24.3. The van der Waals surface area contributed by atoms with Gasteiger partial charge in [-0.1, -0.05) is 30.3 Å². The molecule has 0 spiro atoms. The van der Waals surface area contributed by atoms with Crippen molar-refractivity contribution in [3.8, 4) is 5.75 Å². The average Bonchev–Trinajstić information content (AvgIpc) is 2.85. The van der Waals surface area contributed by atoms with Gasteiger partial charge in [0.25, 0.3) is 5.91 Å². The molecule has 0 atom stereocenters. The largest absolute Gasteiger partial charge is 0.495 e. The number of benzene rings is 3. The number of para-hydroxylation sites is 3. The van der Waals surface area contributed by atoms with Crippen LogP contribution < -0.4 is 15.0 Å². The number of ether oxygens (including phenoxy) is 1. The molecule has 0 unspecified atom stereocenters. The highest BCUT2D eigenvalue weighted by molar-refractivity contribution is 7.89. The predicted molar refractivity (Wildman–Crippen MR) is 129 cm³/mol. The monoisotopic (exact) mass is 483 g/mol.